The predicted octanol–water partition coefficient (Wildman–Crippen LogP) is 16.5. The van der Waals surface area contributed by atoms with Gasteiger partial charge >= 0.3 is 0 Å². The number of benzene rings is 10. The molecule has 0 unspecified atom stereocenters. The molecule has 3 heteroatoms. The number of fused-ring (bicyclic) bond motifs is 1. The normalized spacial score (nSPS) is 11.5. The SMILES string of the molecule is c1ccc(-c2ccc(-c3ccc(N(c4ccc(-c5ccccc5)cc4)c4cccc(-c5cccc(-c6cccc7c6Oc6cccc8cccc(c68)O7)c5)c4)cc3)cc2)cc1. The number of ether oxygens (including phenoxy) is 2. The van der Waals surface area contributed by atoms with Crippen LogP contribution in [0.5, 0.6) is 23.0 Å². The van der Waals surface area contributed by atoms with E-state index in [2.05, 4.69) is 205 Å². The van der Waals surface area contributed by atoms with Gasteiger partial charge in [-0.05, 0) is 116 Å². The Morgan fingerprint density at radius 1 is 0.262 bits per heavy atom. The Morgan fingerprint density at radius 3 is 1.28 bits per heavy atom. The van der Waals surface area contributed by atoms with Gasteiger partial charge in [0.2, 0.25) is 0 Å². The maximum Gasteiger partial charge on any atom is 0.177 e. The summed E-state index contributed by atoms with van der Waals surface area (Å²) in [7, 11) is 0. The van der Waals surface area contributed by atoms with Gasteiger partial charge in [0.1, 0.15) is 11.5 Å². The monoisotopic (exact) mass is 781 g/mol. The lowest BCUT2D eigenvalue weighted by Gasteiger charge is -2.26. The van der Waals surface area contributed by atoms with Gasteiger partial charge in [0.05, 0.1) is 5.39 Å². The van der Waals surface area contributed by atoms with E-state index >= 15 is 0 Å². The van der Waals surface area contributed by atoms with Crippen molar-refractivity contribution >= 4 is 27.8 Å². The molecule has 61 heavy (non-hydrogen) atoms. The first-order valence-electron chi connectivity index (χ1n) is 20.6. The molecule has 0 aliphatic carbocycles. The van der Waals surface area contributed by atoms with Crippen molar-refractivity contribution in [1.29, 1.82) is 0 Å². The van der Waals surface area contributed by atoms with E-state index in [0.29, 0.717) is 11.5 Å². The van der Waals surface area contributed by atoms with Crippen molar-refractivity contribution in [3.05, 3.63) is 237 Å². The van der Waals surface area contributed by atoms with Crippen molar-refractivity contribution in [1.82, 2.24) is 0 Å². The third kappa shape index (κ3) is 6.98. The van der Waals surface area contributed by atoms with Crippen LogP contribution in [0, 0.1) is 0 Å². The molecule has 3 nitrogen and oxygen atoms in total. The molecule has 10 aromatic carbocycles. The molecule has 0 fully saturated rings. The van der Waals surface area contributed by atoms with Gasteiger partial charge in [-0.25, -0.2) is 0 Å². The van der Waals surface area contributed by atoms with Crippen LogP contribution in [0.4, 0.5) is 17.1 Å². The number of anilines is 3. The minimum Gasteiger partial charge on any atom is -0.453 e. The molecular weight excluding hydrogens is 743 g/mol. The molecule has 0 amide bonds. The Bertz CT molecular complexity index is 3150. The second kappa shape index (κ2) is 15.6. The molecule has 1 aliphatic heterocycles. The maximum atomic E-state index is 6.72. The quantitative estimate of drug-likeness (QED) is 0.153. The van der Waals surface area contributed by atoms with Crippen LogP contribution in [0.2, 0.25) is 0 Å². The van der Waals surface area contributed by atoms with Crippen molar-refractivity contribution < 1.29 is 9.47 Å². The highest BCUT2D eigenvalue weighted by molar-refractivity contribution is 5.95. The van der Waals surface area contributed by atoms with Gasteiger partial charge in [0.15, 0.2) is 11.5 Å². The average Bonchev–Trinajstić information content (AvgIpc) is 3.50. The molecule has 10 aromatic rings. The zero-order chi connectivity index (χ0) is 40.5. The molecule has 0 saturated heterocycles. The molecule has 0 saturated carbocycles. The zero-order valence-electron chi connectivity index (χ0n) is 33.3. The van der Waals surface area contributed by atoms with Crippen molar-refractivity contribution in [3.63, 3.8) is 0 Å². The van der Waals surface area contributed by atoms with Crippen LogP contribution >= 0.6 is 0 Å². The molecule has 11 rings (SSSR count). The van der Waals surface area contributed by atoms with Crippen molar-refractivity contribution in [3.8, 4) is 78.6 Å². The Hall–Kier alpha value is -8.14. The van der Waals surface area contributed by atoms with Gasteiger partial charge in [-0.15, -0.1) is 0 Å². The van der Waals surface area contributed by atoms with Crippen molar-refractivity contribution in [2.75, 3.05) is 4.90 Å². The summed E-state index contributed by atoms with van der Waals surface area (Å²) in [6.07, 6.45) is 0. The van der Waals surface area contributed by atoms with E-state index in [9.17, 15) is 0 Å². The highest BCUT2D eigenvalue weighted by atomic mass is 16.5. The highest BCUT2D eigenvalue weighted by Gasteiger charge is 2.22. The Labute approximate surface area is 356 Å². The number of rotatable bonds is 8. The van der Waals surface area contributed by atoms with Gasteiger partial charge in [-0.1, -0.05) is 176 Å². The second-order valence-corrected chi connectivity index (χ2v) is 15.3. The Balaban J connectivity index is 0.950. The molecule has 0 bridgehead atoms. The van der Waals surface area contributed by atoms with Crippen LogP contribution in [0.3, 0.4) is 0 Å². The average molecular weight is 782 g/mol. The van der Waals surface area contributed by atoms with E-state index < -0.39 is 0 Å². The molecule has 1 aliphatic rings. The number of hydrogen-bond donors (Lipinski definition) is 0. The van der Waals surface area contributed by atoms with E-state index in [4.69, 9.17) is 9.47 Å². The maximum absolute atomic E-state index is 6.72. The second-order valence-electron chi connectivity index (χ2n) is 15.3. The molecule has 1 heterocycles. The first-order valence-corrected chi connectivity index (χ1v) is 20.6. The van der Waals surface area contributed by atoms with Gasteiger partial charge in [0.25, 0.3) is 0 Å². The molecule has 0 atom stereocenters. The standard InChI is InChI=1S/C58H39NO2/c1-3-12-40(13-4-1)42-26-28-43(29-27-42)45-32-36-51(37-33-45)59(50-34-30-44(31-35-50)41-14-5-2-6-15-41)52-21-8-19-48(39-52)47-18-7-20-49(38-47)53-22-11-25-56-58(53)61-55-24-10-17-46-16-9-23-54(60-56)57(46)55/h1-39H. The van der Waals surface area contributed by atoms with E-state index in [0.717, 1.165) is 61.6 Å². The molecule has 0 aromatic heterocycles. The van der Waals surface area contributed by atoms with Gasteiger partial charge in [-0.3, -0.25) is 0 Å². The molecule has 0 spiro atoms. The summed E-state index contributed by atoms with van der Waals surface area (Å²) in [4.78, 5) is 2.34. The minimum atomic E-state index is 0.692. The molecule has 288 valence electrons. The predicted molar refractivity (Wildman–Crippen MR) is 252 cm³/mol. The van der Waals surface area contributed by atoms with Crippen molar-refractivity contribution in [2.24, 2.45) is 0 Å². The largest absolute Gasteiger partial charge is 0.453 e. The van der Waals surface area contributed by atoms with Gasteiger partial charge < -0.3 is 14.4 Å². The van der Waals surface area contributed by atoms with Crippen LogP contribution in [0.25, 0.3) is 66.4 Å². The fourth-order valence-electron chi connectivity index (χ4n) is 8.46. The van der Waals surface area contributed by atoms with Crippen LogP contribution in [-0.4, -0.2) is 0 Å². The fourth-order valence-corrected chi connectivity index (χ4v) is 8.46. The Kier molecular flexibility index (Phi) is 9.18. The lowest BCUT2D eigenvalue weighted by molar-refractivity contribution is 0.440. The first-order chi connectivity index (χ1) is 30.2. The third-order valence-corrected chi connectivity index (χ3v) is 11.5. The minimum absolute atomic E-state index is 0.692. The first kappa shape index (κ1) is 36.0. The number of hydrogen-bond acceptors (Lipinski definition) is 3. The zero-order valence-corrected chi connectivity index (χ0v) is 33.3. The van der Waals surface area contributed by atoms with E-state index in [-0.39, 0.29) is 0 Å². The summed E-state index contributed by atoms with van der Waals surface area (Å²) in [6.45, 7) is 0. The molecular formula is C58H39NO2. The highest BCUT2D eigenvalue weighted by Crippen LogP contribution is 2.50. The summed E-state index contributed by atoms with van der Waals surface area (Å²) in [6, 6.07) is 83.5. The lowest BCUT2D eigenvalue weighted by Crippen LogP contribution is -2.10. The number of para-hydroxylation sites is 1. The third-order valence-electron chi connectivity index (χ3n) is 11.5. The molecule has 0 radical (unpaired) electrons. The topological polar surface area (TPSA) is 21.7 Å². The van der Waals surface area contributed by atoms with E-state index in [1.54, 1.807) is 0 Å². The summed E-state index contributed by atoms with van der Waals surface area (Å²) in [5.74, 6) is 2.98. The Morgan fingerprint density at radius 2 is 0.689 bits per heavy atom. The number of nitrogens with zero attached hydrogens (tertiary/aromatic N) is 1. The summed E-state index contributed by atoms with van der Waals surface area (Å²) >= 11 is 0. The van der Waals surface area contributed by atoms with Crippen molar-refractivity contribution in [2.45, 2.75) is 0 Å². The molecule has 0 N–H and O–H groups in total. The van der Waals surface area contributed by atoms with E-state index in [1.165, 1.54) is 33.4 Å². The lowest BCUT2D eigenvalue weighted by atomic mass is 9.97. The van der Waals surface area contributed by atoms with Gasteiger partial charge in [-0.2, -0.15) is 0 Å². The van der Waals surface area contributed by atoms with Crippen LogP contribution in [0.15, 0.2) is 237 Å². The van der Waals surface area contributed by atoms with Crippen LogP contribution in [-0.2, 0) is 0 Å². The van der Waals surface area contributed by atoms with Gasteiger partial charge in [0, 0.05) is 22.6 Å². The van der Waals surface area contributed by atoms with Crippen LogP contribution in [0.1, 0.15) is 0 Å². The van der Waals surface area contributed by atoms with Crippen LogP contribution < -0.4 is 14.4 Å². The summed E-state index contributed by atoms with van der Waals surface area (Å²) in [5.41, 5.74) is 14.6. The van der Waals surface area contributed by atoms with E-state index in [1.807, 2.05) is 36.4 Å². The summed E-state index contributed by atoms with van der Waals surface area (Å²) in [5, 5.41) is 2.06. The fraction of sp³-hybridized carbons (Fsp3) is 0. The smallest absolute Gasteiger partial charge is 0.177 e. The summed E-state index contributed by atoms with van der Waals surface area (Å²) < 4.78 is 13.3.